The Morgan fingerprint density at radius 2 is 2.06 bits per heavy atom. The van der Waals surface area contributed by atoms with Crippen molar-refractivity contribution < 1.29 is 5.11 Å². The van der Waals surface area contributed by atoms with Gasteiger partial charge >= 0.3 is 0 Å². The minimum absolute atomic E-state index is 0.205. The zero-order chi connectivity index (χ0) is 12.3. The van der Waals surface area contributed by atoms with Crippen molar-refractivity contribution in [1.82, 2.24) is 4.98 Å². The predicted octanol–water partition coefficient (Wildman–Crippen LogP) is 2.93. The maximum atomic E-state index is 10.5. The molecule has 3 saturated carbocycles. The molecule has 1 N–H and O–H groups in total. The summed E-state index contributed by atoms with van der Waals surface area (Å²) in [7, 11) is 0. The van der Waals surface area contributed by atoms with Crippen LogP contribution in [0.2, 0.25) is 5.02 Å². The van der Waals surface area contributed by atoms with Crippen LogP contribution < -0.4 is 0 Å². The van der Waals surface area contributed by atoms with E-state index in [1.54, 1.807) is 12.4 Å². The second kappa shape index (κ2) is 3.94. The Bertz CT molecular complexity index is 461. The van der Waals surface area contributed by atoms with Crippen molar-refractivity contribution in [1.29, 1.82) is 0 Å². The first-order chi connectivity index (χ1) is 8.75. The molecule has 2 nitrogen and oxygen atoms in total. The molecule has 0 amide bonds. The number of aliphatic hydroxyl groups is 1. The van der Waals surface area contributed by atoms with Crippen LogP contribution in [0.15, 0.2) is 18.5 Å². The van der Waals surface area contributed by atoms with Crippen LogP contribution in [0.3, 0.4) is 0 Å². The van der Waals surface area contributed by atoms with Crippen LogP contribution in [0.5, 0.6) is 0 Å². The molecule has 4 rings (SSSR count). The second-order valence-corrected chi connectivity index (χ2v) is 6.71. The molecule has 18 heavy (non-hydrogen) atoms. The summed E-state index contributed by atoms with van der Waals surface area (Å²) in [6.45, 7) is 0. The predicted molar refractivity (Wildman–Crippen MR) is 70.3 cm³/mol. The first kappa shape index (κ1) is 11.2. The average molecular weight is 264 g/mol. The van der Waals surface area contributed by atoms with E-state index in [9.17, 15) is 5.11 Å². The van der Waals surface area contributed by atoms with Crippen molar-refractivity contribution in [2.24, 2.45) is 29.6 Å². The maximum absolute atomic E-state index is 10.5. The summed E-state index contributed by atoms with van der Waals surface area (Å²) in [5.74, 6) is 4.07. The van der Waals surface area contributed by atoms with Gasteiger partial charge in [0.1, 0.15) is 0 Å². The highest BCUT2D eigenvalue weighted by Crippen LogP contribution is 2.70. The fourth-order valence-electron chi connectivity index (χ4n) is 4.84. The number of pyridine rings is 1. The molecule has 5 unspecified atom stereocenters. The summed E-state index contributed by atoms with van der Waals surface area (Å²) < 4.78 is 0. The van der Waals surface area contributed by atoms with Crippen molar-refractivity contribution in [3.63, 3.8) is 0 Å². The zero-order valence-electron chi connectivity index (χ0n) is 10.3. The molecule has 0 spiro atoms. The Morgan fingerprint density at radius 3 is 2.72 bits per heavy atom. The quantitative estimate of drug-likeness (QED) is 0.910. The second-order valence-electron chi connectivity index (χ2n) is 6.30. The van der Waals surface area contributed by atoms with Crippen LogP contribution in [-0.4, -0.2) is 16.2 Å². The third kappa shape index (κ3) is 1.55. The SMILES string of the molecule is OC(Cc1ccncc1Cl)C1C2C3CCC(C3)C12. The molecule has 0 aromatic carbocycles. The average Bonchev–Trinajstić information content (AvgIpc) is 2.82. The highest BCUT2D eigenvalue weighted by Gasteiger charge is 2.66. The minimum Gasteiger partial charge on any atom is -0.392 e. The highest BCUT2D eigenvalue weighted by atomic mass is 35.5. The molecule has 3 aliphatic rings. The number of aromatic nitrogens is 1. The third-order valence-corrected chi connectivity index (χ3v) is 5.86. The summed E-state index contributed by atoms with van der Waals surface area (Å²) in [6.07, 6.45) is 8.17. The van der Waals surface area contributed by atoms with E-state index in [0.29, 0.717) is 17.4 Å². The molecule has 0 saturated heterocycles. The fourth-order valence-corrected chi connectivity index (χ4v) is 5.03. The van der Waals surface area contributed by atoms with E-state index < -0.39 is 0 Å². The number of aliphatic hydroxyl groups excluding tert-OH is 1. The van der Waals surface area contributed by atoms with Crippen LogP contribution in [-0.2, 0) is 6.42 Å². The van der Waals surface area contributed by atoms with Crippen molar-refractivity contribution in [3.8, 4) is 0 Å². The van der Waals surface area contributed by atoms with E-state index in [-0.39, 0.29) is 6.10 Å². The first-order valence-corrected chi connectivity index (χ1v) is 7.40. The lowest BCUT2D eigenvalue weighted by Gasteiger charge is -2.15. The van der Waals surface area contributed by atoms with Gasteiger partial charge < -0.3 is 5.11 Å². The number of halogens is 1. The van der Waals surface area contributed by atoms with Gasteiger partial charge in [-0.25, -0.2) is 0 Å². The lowest BCUT2D eigenvalue weighted by atomic mass is 9.95. The monoisotopic (exact) mass is 263 g/mol. The first-order valence-electron chi connectivity index (χ1n) is 7.02. The standard InChI is InChI=1S/C15H18ClNO/c16-11-7-17-4-3-8(11)6-12(18)15-13-9-1-2-10(5-9)14(13)15/h3-4,7,9-10,12-15,18H,1-2,5-6H2. The Kier molecular flexibility index (Phi) is 2.46. The summed E-state index contributed by atoms with van der Waals surface area (Å²) in [5, 5.41) is 11.1. The molecular weight excluding hydrogens is 246 g/mol. The van der Waals surface area contributed by atoms with Gasteiger partial charge in [0, 0.05) is 18.8 Å². The van der Waals surface area contributed by atoms with Gasteiger partial charge in [-0.3, -0.25) is 4.98 Å². The topological polar surface area (TPSA) is 33.1 Å². The van der Waals surface area contributed by atoms with E-state index in [1.807, 2.05) is 6.07 Å². The fraction of sp³-hybridized carbons (Fsp3) is 0.667. The largest absolute Gasteiger partial charge is 0.392 e. The van der Waals surface area contributed by atoms with Gasteiger partial charge in [-0.2, -0.15) is 0 Å². The van der Waals surface area contributed by atoms with E-state index in [0.717, 1.165) is 29.2 Å². The van der Waals surface area contributed by atoms with Gasteiger partial charge in [0.25, 0.3) is 0 Å². The molecule has 1 heterocycles. The van der Waals surface area contributed by atoms with Gasteiger partial charge in [-0.05, 0) is 60.5 Å². The molecular formula is C15H18ClNO. The Balaban J connectivity index is 1.47. The van der Waals surface area contributed by atoms with Crippen LogP contribution >= 0.6 is 11.6 Å². The van der Waals surface area contributed by atoms with Crippen molar-refractivity contribution in [2.45, 2.75) is 31.8 Å². The van der Waals surface area contributed by atoms with Crippen molar-refractivity contribution in [3.05, 3.63) is 29.0 Å². The molecule has 1 aromatic heterocycles. The zero-order valence-corrected chi connectivity index (χ0v) is 11.1. The molecule has 0 aliphatic heterocycles. The maximum Gasteiger partial charge on any atom is 0.0622 e. The van der Waals surface area contributed by atoms with Crippen LogP contribution in [0, 0.1) is 29.6 Å². The summed E-state index contributed by atoms with van der Waals surface area (Å²) in [6, 6.07) is 1.93. The number of rotatable bonds is 3. The van der Waals surface area contributed by atoms with Crippen LogP contribution in [0.4, 0.5) is 0 Å². The van der Waals surface area contributed by atoms with Gasteiger partial charge in [0.15, 0.2) is 0 Å². The Hall–Kier alpha value is -0.600. The lowest BCUT2D eigenvalue weighted by Crippen LogP contribution is -2.18. The minimum atomic E-state index is -0.205. The smallest absolute Gasteiger partial charge is 0.0622 e. The number of nitrogens with zero attached hydrogens (tertiary/aromatic N) is 1. The number of hydrogen-bond donors (Lipinski definition) is 1. The Morgan fingerprint density at radius 1 is 1.33 bits per heavy atom. The molecule has 0 radical (unpaired) electrons. The third-order valence-electron chi connectivity index (χ3n) is 5.52. The van der Waals surface area contributed by atoms with Crippen molar-refractivity contribution >= 4 is 11.6 Å². The van der Waals surface area contributed by atoms with E-state index in [1.165, 1.54) is 19.3 Å². The highest BCUT2D eigenvalue weighted by molar-refractivity contribution is 6.31. The van der Waals surface area contributed by atoms with Gasteiger partial charge in [0.05, 0.1) is 11.1 Å². The van der Waals surface area contributed by atoms with Crippen molar-refractivity contribution in [2.75, 3.05) is 0 Å². The molecule has 96 valence electrons. The number of hydrogen-bond acceptors (Lipinski definition) is 2. The molecule has 1 aromatic rings. The summed E-state index contributed by atoms with van der Waals surface area (Å²) in [5.41, 5.74) is 1.04. The molecule has 2 bridgehead atoms. The normalized spacial score (nSPS) is 41.8. The van der Waals surface area contributed by atoms with E-state index >= 15 is 0 Å². The molecule has 3 fully saturated rings. The lowest BCUT2D eigenvalue weighted by molar-refractivity contribution is 0.128. The Labute approximate surface area is 112 Å². The molecule has 5 atom stereocenters. The van der Waals surface area contributed by atoms with E-state index in [4.69, 9.17) is 11.6 Å². The number of fused-ring (bicyclic) bond motifs is 5. The van der Waals surface area contributed by atoms with Crippen LogP contribution in [0.25, 0.3) is 0 Å². The molecule has 3 heteroatoms. The van der Waals surface area contributed by atoms with Gasteiger partial charge in [0.2, 0.25) is 0 Å². The summed E-state index contributed by atoms with van der Waals surface area (Å²) >= 11 is 6.11. The van der Waals surface area contributed by atoms with Gasteiger partial charge in [-0.1, -0.05) is 11.6 Å². The van der Waals surface area contributed by atoms with Gasteiger partial charge in [-0.15, -0.1) is 0 Å². The molecule has 3 aliphatic carbocycles. The summed E-state index contributed by atoms with van der Waals surface area (Å²) in [4.78, 5) is 3.99. The van der Waals surface area contributed by atoms with Crippen LogP contribution in [0.1, 0.15) is 24.8 Å². The van der Waals surface area contributed by atoms with E-state index in [2.05, 4.69) is 4.98 Å².